The molecule has 96 valence electrons. The van der Waals surface area contributed by atoms with Crippen LogP contribution < -0.4 is 5.32 Å². The van der Waals surface area contributed by atoms with E-state index in [0.29, 0.717) is 0 Å². The summed E-state index contributed by atoms with van der Waals surface area (Å²) in [7, 11) is 0. The molecule has 2 rings (SSSR count). The van der Waals surface area contributed by atoms with E-state index < -0.39 is 0 Å². The lowest BCUT2D eigenvalue weighted by atomic mass is 10.0. The molecule has 1 aliphatic heterocycles. The summed E-state index contributed by atoms with van der Waals surface area (Å²) >= 11 is 0. The zero-order valence-corrected chi connectivity index (χ0v) is 10.8. The van der Waals surface area contributed by atoms with Crippen molar-refractivity contribution < 1.29 is 4.42 Å². The first kappa shape index (κ1) is 12.7. The maximum absolute atomic E-state index is 5.39. The van der Waals surface area contributed by atoms with E-state index in [0.717, 1.165) is 24.8 Å². The molecular formula is C14H24N2O. The molecule has 0 spiro atoms. The van der Waals surface area contributed by atoms with E-state index in [1.165, 1.54) is 38.9 Å². The maximum Gasteiger partial charge on any atom is 0.117 e. The second-order valence-corrected chi connectivity index (χ2v) is 4.95. The molecule has 0 bridgehead atoms. The first-order valence-corrected chi connectivity index (χ1v) is 6.84. The van der Waals surface area contributed by atoms with Crippen molar-refractivity contribution in [1.29, 1.82) is 0 Å². The van der Waals surface area contributed by atoms with Gasteiger partial charge < -0.3 is 9.73 Å². The van der Waals surface area contributed by atoms with Crippen LogP contribution >= 0.6 is 0 Å². The first-order chi connectivity index (χ1) is 8.38. The summed E-state index contributed by atoms with van der Waals surface area (Å²) in [6.45, 7) is 7.91. The van der Waals surface area contributed by atoms with Gasteiger partial charge in [0.15, 0.2) is 0 Å². The van der Waals surface area contributed by atoms with Crippen LogP contribution in [0.1, 0.15) is 31.9 Å². The fraction of sp³-hybridized carbons (Fsp3) is 0.714. The lowest BCUT2D eigenvalue weighted by Gasteiger charge is -2.19. The van der Waals surface area contributed by atoms with E-state index in [4.69, 9.17) is 4.42 Å². The van der Waals surface area contributed by atoms with Gasteiger partial charge in [-0.2, -0.15) is 0 Å². The van der Waals surface area contributed by atoms with Gasteiger partial charge in [0.1, 0.15) is 5.76 Å². The fourth-order valence-electron chi connectivity index (χ4n) is 2.54. The molecule has 1 aromatic heterocycles. The Bertz CT molecular complexity index is 291. The summed E-state index contributed by atoms with van der Waals surface area (Å²) in [6, 6.07) is 4.02. The summed E-state index contributed by atoms with van der Waals surface area (Å²) in [5.41, 5.74) is 0. The van der Waals surface area contributed by atoms with Gasteiger partial charge in [-0.1, -0.05) is 6.92 Å². The van der Waals surface area contributed by atoms with Crippen LogP contribution in [0.5, 0.6) is 0 Å². The zero-order chi connectivity index (χ0) is 11.9. The monoisotopic (exact) mass is 236 g/mol. The fourth-order valence-corrected chi connectivity index (χ4v) is 2.54. The van der Waals surface area contributed by atoms with E-state index in [9.17, 15) is 0 Å². The van der Waals surface area contributed by atoms with Gasteiger partial charge in [0, 0.05) is 0 Å². The van der Waals surface area contributed by atoms with E-state index in [1.54, 1.807) is 6.26 Å². The third-order valence-corrected chi connectivity index (χ3v) is 3.66. The number of rotatable bonds is 7. The van der Waals surface area contributed by atoms with Gasteiger partial charge in [0.25, 0.3) is 0 Å². The summed E-state index contributed by atoms with van der Waals surface area (Å²) < 4.78 is 5.39. The van der Waals surface area contributed by atoms with Gasteiger partial charge in [-0.05, 0) is 63.5 Å². The van der Waals surface area contributed by atoms with Crippen LogP contribution in [0.3, 0.4) is 0 Å². The largest absolute Gasteiger partial charge is 0.468 e. The Morgan fingerprint density at radius 1 is 1.53 bits per heavy atom. The summed E-state index contributed by atoms with van der Waals surface area (Å²) in [5, 5.41) is 3.43. The molecule has 3 heteroatoms. The molecule has 2 heterocycles. The van der Waals surface area contributed by atoms with Crippen molar-refractivity contribution in [2.75, 3.05) is 26.2 Å². The van der Waals surface area contributed by atoms with Crippen molar-refractivity contribution in [2.24, 2.45) is 5.92 Å². The van der Waals surface area contributed by atoms with Crippen molar-refractivity contribution >= 4 is 0 Å². The summed E-state index contributed by atoms with van der Waals surface area (Å²) in [6.07, 6.45) is 5.79. The molecule has 1 aliphatic rings. The predicted molar refractivity (Wildman–Crippen MR) is 69.9 cm³/mol. The molecule has 3 nitrogen and oxygen atoms in total. The number of hydrogen-bond donors (Lipinski definition) is 1. The van der Waals surface area contributed by atoms with Crippen LogP contribution in [-0.2, 0) is 6.54 Å². The first-order valence-electron chi connectivity index (χ1n) is 6.84. The lowest BCUT2D eigenvalue weighted by molar-refractivity contribution is 0.245. The SMILES string of the molecule is CCN(CCCC1CCNC1)Cc1ccco1. The molecule has 0 aromatic carbocycles. The highest BCUT2D eigenvalue weighted by Gasteiger charge is 2.14. The van der Waals surface area contributed by atoms with Gasteiger partial charge in [0.2, 0.25) is 0 Å². The van der Waals surface area contributed by atoms with Crippen LogP contribution in [0, 0.1) is 5.92 Å². The Hall–Kier alpha value is -0.800. The Morgan fingerprint density at radius 3 is 3.12 bits per heavy atom. The zero-order valence-electron chi connectivity index (χ0n) is 10.8. The molecule has 1 aromatic rings. The summed E-state index contributed by atoms with van der Waals surface area (Å²) in [4.78, 5) is 2.46. The number of hydrogen-bond acceptors (Lipinski definition) is 3. The topological polar surface area (TPSA) is 28.4 Å². The molecule has 1 N–H and O–H groups in total. The average molecular weight is 236 g/mol. The van der Waals surface area contributed by atoms with E-state index in [2.05, 4.69) is 23.2 Å². The highest BCUT2D eigenvalue weighted by molar-refractivity contribution is 4.97. The minimum atomic E-state index is 0.914. The van der Waals surface area contributed by atoms with Crippen molar-refractivity contribution in [2.45, 2.75) is 32.7 Å². The Balaban J connectivity index is 1.64. The van der Waals surface area contributed by atoms with Crippen LogP contribution in [0.4, 0.5) is 0 Å². The molecule has 0 amide bonds. The molecule has 0 saturated carbocycles. The molecule has 0 aliphatic carbocycles. The van der Waals surface area contributed by atoms with E-state index >= 15 is 0 Å². The van der Waals surface area contributed by atoms with Crippen LogP contribution in [0.15, 0.2) is 22.8 Å². The Labute approximate surface area is 104 Å². The standard InChI is InChI=1S/C14H24N2O/c1-2-16(12-14-6-4-10-17-14)9-3-5-13-7-8-15-11-13/h4,6,10,13,15H,2-3,5,7-9,11-12H2,1H3. The lowest BCUT2D eigenvalue weighted by Crippen LogP contribution is -2.24. The number of nitrogens with zero attached hydrogens (tertiary/aromatic N) is 1. The van der Waals surface area contributed by atoms with Gasteiger partial charge in [-0.15, -0.1) is 0 Å². The molecule has 17 heavy (non-hydrogen) atoms. The smallest absolute Gasteiger partial charge is 0.117 e. The number of nitrogens with one attached hydrogen (secondary N) is 1. The normalized spacial score (nSPS) is 20.2. The highest BCUT2D eigenvalue weighted by atomic mass is 16.3. The van der Waals surface area contributed by atoms with Crippen molar-refractivity contribution in [1.82, 2.24) is 10.2 Å². The molecule has 1 unspecified atom stereocenters. The van der Waals surface area contributed by atoms with Gasteiger partial charge in [-0.3, -0.25) is 4.90 Å². The van der Waals surface area contributed by atoms with E-state index in [-0.39, 0.29) is 0 Å². The molecule has 1 fully saturated rings. The van der Waals surface area contributed by atoms with Crippen molar-refractivity contribution in [3.05, 3.63) is 24.2 Å². The third kappa shape index (κ3) is 4.17. The highest BCUT2D eigenvalue weighted by Crippen LogP contribution is 2.15. The molecule has 1 atom stereocenters. The van der Waals surface area contributed by atoms with Gasteiger partial charge in [0.05, 0.1) is 12.8 Å². The number of furan rings is 1. The Morgan fingerprint density at radius 2 is 2.47 bits per heavy atom. The third-order valence-electron chi connectivity index (χ3n) is 3.66. The van der Waals surface area contributed by atoms with Crippen LogP contribution in [0.25, 0.3) is 0 Å². The quantitative estimate of drug-likeness (QED) is 0.788. The summed E-state index contributed by atoms with van der Waals surface area (Å²) in [5.74, 6) is 1.99. The Kier molecular flexibility index (Phi) is 5.08. The van der Waals surface area contributed by atoms with Crippen LogP contribution in [-0.4, -0.2) is 31.1 Å². The maximum atomic E-state index is 5.39. The minimum absolute atomic E-state index is 0.914. The van der Waals surface area contributed by atoms with Crippen LogP contribution in [0.2, 0.25) is 0 Å². The molecule has 1 saturated heterocycles. The predicted octanol–water partition coefficient (Wildman–Crippen LogP) is 2.49. The van der Waals surface area contributed by atoms with E-state index in [1.807, 2.05) is 6.07 Å². The van der Waals surface area contributed by atoms with Crippen molar-refractivity contribution in [3.63, 3.8) is 0 Å². The molecular weight excluding hydrogens is 212 g/mol. The molecule has 0 radical (unpaired) electrons. The second-order valence-electron chi connectivity index (χ2n) is 4.95. The van der Waals surface area contributed by atoms with Gasteiger partial charge >= 0.3 is 0 Å². The van der Waals surface area contributed by atoms with Gasteiger partial charge in [-0.25, -0.2) is 0 Å². The minimum Gasteiger partial charge on any atom is -0.468 e. The van der Waals surface area contributed by atoms with Crippen molar-refractivity contribution in [3.8, 4) is 0 Å². The second kappa shape index (κ2) is 6.82. The average Bonchev–Trinajstić information content (AvgIpc) is 3.00.